The molecule has 0 aromatic heterocycles. The summed E-state index contributed by atoms with van der Waals surface area (Å²) >= 11 is 6.04. The molecule has 0 atom stereocenters. The molecule has 0 aliphatic heterocycles. The summed E-state index contributed by atoms with van der Waals surface area (Å²) in [4.78, 5) is 10.3. The second-order valence-corrected chi connectivity index (χ2v) is 4.89. The molecular formula is C15H15ClN2O3. The van der Waals surface area contributed by atoms with Gasteiger partial charge in [-0.25, -0.2) is 0 Å². The van der Waals surface area contributed by atoms with Crippen LogP contribution in [0.5, 0.6) is 5.75 Å². The molecule has 0 fully saturated rings. The van der Waals surface area contributed by atoms with Crippen molar-refractivity contribution in [2.24, 2.45) is 0 Å². The molecule has 1 N–H and O–H groups in total. The van der Waals surface area contributed by atoms with Crippen LogP contribution in [0.3, 0.4) is 0 Å². The molecule has 0 amide bonds. The Bertz CT molecular complexity index is 629. The van der Waals surface area contributed by atoms with E-state index in [1.165, 1.54) is 12.1 Å². The SMILES string of the molecule is COc1ccc(CNCc2cc([N+](=O)[O-])ccc2Cl)cc1. The zero-order valence-electron chi connectivity index (χ0n) is 11.5. The van der Waals surface area contributed by atoms with Gasteiger partial charge in [0.05, 0.1) is 12.0 Å². The molecule has 0 bridgehead atoms. The summed E-state index contributed by atoms with van der Waals surface area (Å²) in [6.07, 6.45) is 0. The number of nitro groups is 1. The first-order chi connectivity index (χ1) is 10.1. The topological polar surface area (TPSA) is 64.4 Å². The second-order valence-electron chi connectivity index (χ2n) is 4.48. The third-order valence-electron chi connectivity index (χ3n) is 3.04. The number of halogens is 1. The van der Waals surface area contributed by atoms with E-state index < -0.39 is 4.92 Å². The van der Waals surface area contributed by atoms with Crippen LogP contribution in [0.1, 0.15) is 11.1 Å². The normalized spacial score (nSPS) is 10.4. The average molecular weight is 307 g/mol. The van der Waals surface area contributed by atoms with Crippen LogP contribution in [-0.2, 0) is 13.1 Å². The van der Waals surface area contributed by atoms with Crippen molar-refractivity contribution in [2.75, 3.05) is 7.11 Å². The number of hydrogen-bond donors (Lipinski definition) is 1. The molecule has 5 nitrogen and oxygen atoms in total. The van der Waals surface area contributed by atoms with Crippen molar-refractivity contribution in [1.82, 2.24) is 5.32 Å². The monoisotopic (exact) mass is 306 g/mol. The molecule has 0 unspecified atom stereocenters. The van der Waals surface area contributed by atoms with E-state index in [0.717, 1.165) is 11.3 Å². The van der Waals surface area contributed by atoms with E-state index in [1.807, 2.05) is 24.3 Å². The van der Waals surface area contributed by atoms with Gasteiger partial charge in [0.2, 0.25) is 0 Å². The fourth-order valence-corrected chi connectivity index (χ4v) is 2.08. The lowest BCUT2D eigenvalue weighted by Gasteiger charge is -2.07. The van der Waals surface area contributed by atoms with Crippen LogP contribution in [0, 0.1) is 10.1 Å². The quantitative estimate of drug-likeness (QED) is 0.655. The molecule has 2 aromatic carbocycles. The lowest BCUT2D eigenvalue weighted by molar-refractivity contribution is -0.384. The number of nitro benzene ring substituents is 1. The van der Waals surface area contributed by atoms with Crippen molar-refractivity contribution < 1.29 is 9.66 Å². The van der Waals surface area contributed by atoms with Gasteiger partial charge in [-0.2, -0.15) is 0 Å². The number of hydrogen-bond acceptors (Lipinski definition) is 4. The van der Waals surface area contributed by atoms with Crippen molar-refractivity contribution in [3.8, 4) is 5.75 Å². The van der Waals surface area contributed by atoms with Crippen LogP contribution in [-0.4, -0.2) is 12.0 Å². The van der Waals surface area contributed by atoms with E-state index in [4.69, 9.17) is 16.3 Å². The number of ether oxygens (including phenoxy) is 1. The smallest absolute Gasteiger partial charge is 0.269 e. The number of methoxy groups -OCH3 is 1. The van der Waals surface area contributed by atoms with Crippen LogP contribution in [0.25, 0.3) is 0 Å². The average Bonchev–Trinajstić information content (AvgIpc) is 2.49. The van der Waals surface area contributed by atoms with Gasteiger partial charge in [-0.1, -0.05) is 23.7 Å². The van der Waals surface area contributed by atoms with Crippen molar-refractivity contribution in [1.29, 1.82) is 0 Å². The summed E-state index contributed by atoms with van der Waals surface area (Å²) in [6.45, 7) is 1.11. The first-order valence-electron chi connectivity index (χ1n) is 6.36. The maximum Gasteiger partial charge on any atom is 0.269 e. The Labute approximate surface area is 127 Å². The lowest BCUT2D eigenvalue weighted by Crippen LogP contribution is -2.13. The molecule has 0 spiro atoms. The van der Waals surface area contributed by atoms with Gasteiger partial charge >= 0.3 is 0 Å². The fraction of sp³-hybridized carbons (Fsp3) is 0.200. The Hall–Kier alpha value is -2.11. The maximum atomic E-state index is 10.8. The minimum Gasteiger partial charge on any atom is -0.497 e. The van der Waals surface area contributed by atoms with E-state index in [1.54, 1.807) is 13.2 Å². The molecule has 110 valence electrons. The Morgan fingerprint density at radius 1 is 1.19 bits per heavy atom. The van der Waals surface area contributed by atoms with Gasteiger partial charge in [-0.15, -0.1) is 0 Å². The molecule has 2 aromatic rings. The highest BCUT2D eigenvalue weighted by Gasteiger charge is 2.09. The summed E-state index contributed by atoms with van der Waals surface area (Å²) in [7, 11) is 1.62. The third kappa shape index (κ3) is 4.18. The molecule has 0 saturated carbocycles. The Morgan fingerprint density at radius 3 is 2.52 bits per heavy atom. The zero-order valence-corrected chi connectivity index (χ0v) is 12.3. The Balaban J connectivity index is 1.96. The number of benzene rings is 2. The van der Waals surface area contributed by atoms with Gasteiger partial charge in [0, 0.05) is 30.2 Å². The lowest BCUT2D eigenvalue weighted by atomic mass is 10.2. The molecule has 0 aliphatic rings. The molecule has 0 aliphatic carbocycles. The highest BCUT2D eigenvalue weighted by atomic mass is 35.5. The van der Waals surface area contributed by atoms with E-state index in [-0.39, 0.29) is 5.69 Å². The van der Waals surface area contributed by atoms with Gasteiger partial charge in [-0.3, -0.25) is 10.1 Å². The van der Waals surface area contributed by atoms with E-state index in [0.29, 0.717) is 23.7 Å². The first-order valence-corrected chi connectivity index (χ1v) is 6.74. The molecule has 2 rings (SSSR count). The van der Waals surface area contributed by atoms with E-state index >= 15 is 0 Å². The fourth-order valence-electron chi connectivity index (χ4n) is 1.90. The highest BCUT2D eigenvalue weighted by Crippen LogP contribution is 2.22. The van der Waals surface area contributed by atoms with Crippen molar-refractivity contribution in [3.05, 3.63) is 68.7 Å². The maximum absolute atomic E-state index is 10.8. The largest absolute Gasteiger partial charge is 0.497 e. The number of rotatable bonds is 6. The predicted octanol–water partition coefficient (Wildman–Crippen LogP) is 3.55. The number of nitrogens with zero attached hydrogens (tertiary/aromatic N) is 1. The molecule has 0 heterocycles. The zero-order chi connectivity index (χ0) is 15.2. The van der Waals surface area contributed by atoms with Gasteiger partial charge < -0.3 is 10.1 Å². The van der Waals surface area contributed by atoms with E-state index in [2.05, 4.69) is 5.32 Å². The molecular weight excluding hydrogens is 292 g/mol. The van der Waals surface area contributed by atoms with Crippen molar-refractivity contribution >= 4 is 17.3 Å². The summed E-state index contributed by atoms with van der Waals surface area (Å²) in [5.41, 5.74) is 1.84. The Kier molecular flexibility index (Phi) is 5.14. The van der Waals surface area contributed by atoms with Crippen LogP contribution < -0.4 is 10.1 Å². The van der Waals surface area contributed by atoms with Crippen molar-refractivity contribution in [2.45, 2.75) is 13.1 Å². The summed E-state index contributed by atoms with van der Waals surface area (Å²) in [5.74, 6) is 0.806. The van der Waals surface area contributed by atoms with Crippen LogP contribution in [0.2, 0.25) is 5.02 Å². The Morgan fingerprint density at radius 2 is 1.90 bits per heavy atom. The summed E-state index contributed by atoms with van der Waals surface area (Å²) in [5, 5.41) is 14.5. The standard InChI is InChI=1S/C15H15ClN2O3/c1-21-14-5-2-11(3-6-14)9-17-10-12-8-13(18(19)20)4-7-15(12)16/h2-8,17H,9-10H2,1H3. The van der Waals surface area contributed by atoms with Crippen LogP contribution in [0.15, 0.2) is 42.5 Å². The summed E-state index contributed by atoms with van der Waals surface area (Å²) < 4.78 is 5.09. The minimum atomic E-state index is -0.427. The molecule has 21 heavy (non-hydrogen) atoms. The van der Waals surface area contributed by atoms with Crippen LogP contribution in [0.4, 0.5) is 5.69 Å². The van der Waals surface area contributed by atoms with Gasteiger partial charge in [0.15, 0.2) is 0 Å². The number of non-ortho nitro benzene ring substituents is 1. The summed E-state index contributed by atoms with van der Waals surface area (Å²) in [6, 6.07) is 12.1. The van der Waals surface area contributed by atoms with Gasteiger partial charge in [-0.05, 0) is 29.3 Å². The van der Waals surface area contributed by atoms with Crippen LogP contribution >= 0.6 is 11.6 Å². The molecule has 6 heteroatoms. The predicted molar refractivity (Wildman–Crippen MR) is 81.6 cm³/mol. The van der Waals surface area contributed by atoms with Gasteiger partial charge in [0.1, 0.15) is 5.75 Å². The van der Waals surface area contributed by atoms with E-state index in [9.17, 15) is 10.1 Å². The van der Waals surface area contributed by atoms with Crippen molar-refractivity contribution in [3.63, 3.8) is 0 Å². The molecule has 0 radical (unpaired) electrons. The second kappa shape index (κ2) is 7.06. The van der Waals surface area contributed by atoms with Gasteiger partial charge in [0.25, 0.3) is 5.69 Å². The molecule has 0 saturated heterocycles. The minimum absolute atomic E-state index is 0.0423. The first kappa shape index (κ1) is 15.3. The number of nitrogens with one attached hydrogen (secondary N) is 1. The highest BCUT2D eigenvalue weighted by molar-refractivity contribution is 6.31. The third-order valence-corrected chi connectivity index (χ3v) is 3.41.